The second-order valence-electron chi connectivity index (χ2n) is 17.7. The molecule has 59 heavy (non-hydrogen) atoms. The molecule has 3 saturated carbocycles. The van der Waals surface area contributed by atoms with Crippen LogP contribution in [0.5, 0.6) is 11.5 Å². The Morgan fingerprint density at radius 2 is 1.78 bits per heavy atom. The van der Waals surface area contributed by atoms with Crippen LogP contribution in [-0.4, -0.2) is 107 Å². The first kappa shape index (κ1) is 42.7. The van der Waals surface area contributed by atoms with Gasteiger partial charge in [0.2, 0.25) is 11.8 Å². The molecule has 3 aliphatic carbocycles. The molecule has 7 rings (SSSR count). The van der Waals surface area contributed by atoms with Crippen molar-refractivity contribution in [3.63, 3.8) is 0 Å². The van der Waals surface area contributed by atoms with Gasteiger partial charge in [-0.1, -0.05) is 45.7 Å². The van der Waals surface area contributed by atoms with Crippen molar-refractivity contribution in [1.82, 2.24) is 25.5 Å². The first-order valence-electron chi connectivity index (χ1n) is 20.5. The number of carbonyl (C=O) groups is 4. The Kier molecular flexibility index (Phi) is 12.2. The largest absolute Gasteiger partial charge is 0.490 e. The molecule has 8 atom stereocenters. The van der Waals surface area contributed by atoms with Gasteiger partial charge in [0.15, 0.2) is 5.13 Å². The number of ether oxygens (including phenoxy) is 4. The minimum atomic E-state index is -1.42. The van der Waals surface area contributed by atoms with Gasteiger partial charge in [0.1, 0.15) is 58.7 Å². The molecule has 1 saturated heterocycles. The SMILES string of the molecule is CC[C@@H]1CC1(NC(=O)[C@@H]1C[C@@H](Oc2cc(-c3csc(NC(C)C)n3)nc3c(Cl)c(OCCOC)ccc23)CN1C(=O)[C@@H](NC(=O)O[C@@H]1C[C@@H]2C[C@@H]2C1)C(C)(C)C)C(=O)O. The third-order valence-corrected chi connectivity index (χ3v) is 13.0. The van der Waals surface area contributed by atoms with Crippen LogP contribution in [0.15, 0.2) is 23.6 Å². The van der Waals surface area contributed by atoms with Crippen LogP contribution in [-0.2, 0) is 23.9 Å². The van der Waals surface area contributed by atoms with E-state index in [-0.39, 0.29) is 42.7 Å². The van der Waals surface area contributed by atoms with E-state index in [9.17, 15) is 24.3 Å². The fourth-order valence-corrected chi connectivity index (χ4v) is 9.62. The molecule has 4 N–H and O–H groups in total. The summed E-state index contributed by atoms with van der Waals surface area (Å²) < 4.78 is 23.6. The van der Waals surface area contributed by atoms with Gasteiger partial charge in [-0.3, -0.25) is 9.59 Å². The lowest BCUT2D eigenvalue weighted by Gasteiger charge is -2.35. The lowest BCUT2D eigenvalue weighted by molar-refractivity contribution is -0.146. The maximum absolute atomic E-state index is 14.7. The minimum absolute atomic E-state index is 0.0340. The Hall–Kier alpha value is -4.41. The Balaban J connectivity index is 1.21. The maximum Gasteiger partial charge on any atom is 0.408 e. The van der Waals surface area contributed by atoms with Gasteiger partial charge in [-0.2, -0.15) is 0 Å². The van der Waals surface area contributed by atoms with E-state index in [2.05, 4.69) is 16.0 Å². The molecule has 15 nitrogen and oxygen atoms in total. The lowest BCUT2D eigenvalue weighted by Crippen LogP contribution is -2.59. The second kappa shape index (κ2) is 16.9. The first-order chi connectivity index (χ1) is 28.0. The monoisotopic (exact) mass is 854 g/mol. The minimum Gasteiger partial charge on any atom is -0.490 e. The van der Waals surface area contributed by atoms with Crippen LogP contribution in [0.2, 0.25) is 5.02 Å². The van der Waals surface area contributed by atoms with Crippen molar-refractivity contribution in [2.45, 2.75) is 116 Å². The van der Waals surface area contributed by atoms with Crippen molar-refractivity contribution in [2.24, 2.45) is 23.2 Å². The molecule has 0 bridgehead atoms. The van der Waals surface area contributed by atoms with Gasteiger partial charge in [-0.05, 0) is 74.8 Å². The summed E-state index contributed by atoms with van der Waals surface area (Å²) in [4.78, 5) is 65.8. The smallest absolute Gasteiger partial charge is 0.408 e. The Labute approximate surface area is 353 Å². The zero-order valence-electron chi connectivity index (χ0n) is 34.6. The fraction of sp³-hybridized carbons (Fsp3) is 0.619. The highest BCUT2D eigenvalue weighted by atomic mass is 35.5. The highest BCUT2D eigenvalue weighted by Crippen LogP contribution is 2.52. The highest BCUT2D eigenvalue weighted by molar-refractivity contribution is 7.14. The molecule has 4 fully saturated rings. The summed E-state index contributed by atoms with van der Waals surface area (Å²) in [5.74, 6) is -0.462. The zero-order chi connectivity index (χ0) is 42.4. The molecule has 0 spiro atoms. The molecular weight excluding hydrogens is 800 g/mol. The van der Waals surface area contributed by atoms with Crippen molar-refractivity contribution in [2.75, 3.05) is 32.2 Å². The number of methoxy groups -OCH3 is 1. The number of fused-ring (bicyclic) bond motifs is 2. The lowest BCUT2D eigenvalue weighted by atomic mass is 9.85. The van der Waals surface area contributed by atoms with E-state index in [4.69, 9.17) is 40.5 Å². The van der Waals surface area contributed by atoms with Gasteiger partial charge in [-0.25, -0.2) is 19.6 Å². The van der Waals surface area contributed by atoms with Crippen molar-refractivity contribution in [1.29, 1.82) is 0 Å². The van der Waals surface area contributed by atoms with E-state index in [0.29, 0.717) is 70.2 Å². The van der Waals surface area contributed by atoms with Crippen molar-refractivity contribution in [3.05, 3.63) is 28.6 Å². The van der Waals surface area contributed by atoms with E-state index in [1.807, 2.05) is 46.9 Å². The first-order valence-corrected chi connectivity index (χ1v) is 21.7. The van der Waals surface area contributed by atoms with Gasteiger partial charge in [0, 0.05) is 36.4 Å². The quantitative estimate of drug-likeness (QED) is 0.114. The van der Waals surface area contributed by atoms with Gasteiger partial charge >= 0.3 is 12.1 Å². The third-order valence-electron chi connectivity index (χ3n) is 11.9. The number of rotatable bonds is 16. The number of thiazole rings is 1. The summed E-state index contributed by atoms with van der Waals surface area (Å²) >= 11 is 8.39. The number of amides is 3. The van der Waals surface area contributed by atoms with Crippen LogP contribution in [0, 0.1) is 23.2 Å². The number of carboxylic acid groups (broad SMARTS) is 1. The Morgan fingerprint density at radius 3 is 2.42 bits per heavy atom. The van der Waals surface area contributed by atoms with Crippen molar-refractivity contribution >= 4 is 62.8 Å². The summed E-state index contributed by atoms with van der Waals surface area (Å²) in [5, 5.41) is 22.6. The third kappa shape index (κ3) is 9.19. The second-order valence-corrected chi connectivity index (χ2v) is 18.9. The average molecular weight is 855 g/mol. The van der Waals surface area contributed by atoms with Crippen LogP contribution in [0.25, 0.3) is 22.3 Å². The van der Waals surface area contributed by atoms with E-state index in [1.54, 1.807) is 25.3 Å². The summed E-state index contributed by atoms with van der Waals surface area (Å²) in [7, 11) is 1.58. The molecule has 4 aliphatic rings. The predicted octanol–water partition coefficient (Wildman–Crippen LogP) is 6.51. The molecule has 1 aromatic carbocycles. The molecule has 3 heterocycles. The normalized spacial score (nSPS) is 26.3. The fourth-order valence-electron chi connectivity index (χ4n) is 8.51. The van der Waals surface area contributed by atoms with Crippen LogP contribution in [0.3, 0.4) is 0 Å². The van der Waals surface area contributed by atoms with Gasteiger partial charge < -0.3 is 44.9 Å². The number of halogens is 1. The summed E-state index contributed by atoms with van der Waals surface area (Å²) in [6, 6.07) is 3.26. The zero-order valence-corrected chi connectivity index (χ0v) is 36.2. The van der Waals surface area contributed by atoms with E-state index < -0.39 is 53.0 Å². The van der Waals surface area contributed by atoms with Gasteiger partial charge in [0.05, 0.1) is 24.4 Å². The van der Waals surface area contributed by atoms with Crippen molar-refractivity contribution in [3.8, 4) is 22.9 Å². The number of aliphatic carboxylic acids is 1. The number of benzene rings is 1. The summed E-state index contributed by atoms with van der Waals surface area (Å²) in [6.45, 7) is 12.0. The molecule has 1 unspecified atom stereocenters. The molecule has 3 aromatic rings. The number of aromatic nitrogens is 2. The van der Waals surface area contributed by atoms with Gasteiger partial charge in [-0.15, -0.1) is 11.3 Å². The molecule has 320 valence electrons. The number of carbonyl (C=O) groups excluding carboxylic acids is 3. The van der Waals surface area contributed by atoms with E-state index >= 15 is 0 Å². The predicted molar refractivity (Wildman–Crippen MR) is 223 cm³/mol. The number of alkyl carbamates (subject to hydrolysis) is 1. The highest BCUT2D eigenvalue weighted by Gasteiger charge is 2.61. The molecule has 1 aliphatic heterocycles. The average Bonchev–Trinajstić information content (AvgIpc) is 3.84. The summed E-state index contributed by atoms with van der Waals surface area (Å²) in [5.41, 5.74) is -0.735. The molecular formula is C42H55ClN6O9S. The van der Waals surface area contributed by atoms with Crippen LogP contribution in [0.4, 0.5) is 9.93 Å². The van der Waals surface area contributed by atoms with Crippen LogP contribution >= 0.6 is 22.9 Å². The number of nitrogens with zero attached hydrogens (tertiary/aromatic N) is 3. The van der Waals surface area contributed by atoms with E-state index in [1.165, 1.54) is 22.7 Å². The van der Waals surface area contributed by atoms with Gasteiger partial charge in [0.25, 0.3) is 0 Å². The standard InChI is InChI=1S/C42H55ClN6O9S/c1-8-24-18-42(24,38(52)53)48-36(50)30-16-26(19-49(30)37(51)35(41(4,5)6)47-40(54)58-25-14-22-13-23(22)15-25)57-32-17-28(29-20-59-39(46-29)44-21(2)3)45-34-27(32)9-10-31(33(34)43)56-12-11-55-7/h9-10,17,20-26,30,35H,8,11-16,18-19H2,1-7H3,(H,44,46)(H,47,54)(H,48,50)(H,52,53)/t22-,23+,24-,25+,26-,30+,35-,42?/m1/s1. The number of hydrogen-bond acceptors (Lipinski definition) is 12. The molecule has 2 aromatic heterocycles. The Bertz CT molecular complexity index is 2080. The summed E-state index contributed by atoms with van der Waals surface area (Å²) in [6.07, 6.45) is 2.10. The van der Waals surface area contributed by atoms with Crippen LogP contribution < -0.4 is 25.4 Å². The number of likely N-dealkylation sites (tertiary alicyclic amines) is 1. The number of nitrogens with one attached hydrogen (secondary N) is 3. The van der Waals surface area contributed by atoms with Crippen molar-refractivity contribution < 1.29 is 43.2 Å². The number of pyridine rings is 1. The molecule has 3 amide bonds. The molecule has 0 radical (unpaired) electrons. The Morgan fingerprint density at radius 1 is 1.03 bits per heavy atom. The van der Waals surface area contributed by atoms with E-state index in [0.717, 1.165) is 12.8 Å². The van der Waals surface area contributed by atoms with Crippen LogP contribution in [0.1, 0.15) is 80.1 Å². The number of anilines is 1. The number of hydrogen-bond donors (Lipinski definition) is 4. The molecule has 17 heteroatoms. The number of carboxylic acids is 1. The maximum atomic E-state index is 14.7. The topological polar surface area (TPSA) is 191 Å².